The molecule has 1 aromatic rings. The molecule has 0 radical (unpaired) electrons. The minimum absolute atomic E-state index is 0.941. The van der Waals surface area contributed by atoms with Crippen LogP contribution in [0.3, 0.4) is 0 Å². The van der Waals surface area contributed by atoms with Crippen molar-refractivity contribution in [1.82, 2.24) is 0 Å². The lowest BCUT2D eigenvalue weighted by atomic mass is 9.77. The lowest BCUT2D eigenvalue weighted by Gasteiger charge is -2.28. The maximum absolute atomic E-state index is 4.04. The molecule has 2 rings (SSSR count). The van der Waals surface area contributed by atoms with Crippen LogP contribution in [0.4, 0.5) is 0 Å². The van der Waals surface area contributed by atoms with E-state index in [0.29, 0.717) is 0 Å². The van der Waals surface area contributed by atoms with Crippen molar-refractivity contribution < 1.29 is 0 Å². The topological polar surface area (TPSA) is 0 Å². The molecular formula is C31H46. The van der Waals surface area contributed by atoms with Crippen molar-refractivity contribution in [3.8, 4) is 0 Å². The van der Waals surface area contributed by atoms with Gasteiger partial charge in [0.25, 0.3) is 0 Å². The molecule has 0 saturated heterocycles. The Hall–Kier alpha value is -2.08. The van der Waals surface area contributed by atoms with Crippen LogP contribution in [0.2, 0.25) is 0 Å². The van der Waals surface area contributed by atoms with Crippen LogP contribution in [0.5, 0.6) is 0 Å². The maximum atomic E-state index is 4.04. The van der Waals surface area contributed by atoms with E-state index in [0.717, 1.165) is 12.3 Å². The van der Waals surface area contributed by atoms with Gasteiger partial charge in [-0.15, -0.1) is 0 Å². The van der Waals surface area contributed by atoms with Crippen molar-refractivity contribution in [1.29, 1.82) is 0 Å². The number of aryl methyl sites for hydroxylation is 1. The first-order chi connectivity index (χ1) is 14.9. The van der Waals surface area contributed by atoms with E-state index in [2.05, 4.69) is 65.1 Å². The van der Waals surface area contributed by atoms with Crippen molar-refractivity contribution in [3.63, 3.8) is 0 Å². The quantitative estimate of drug-likeness (QED) is 0.368. The number of allylic oxidation sites excluding steroid dienone is 8. The Labute approximate surface area is 193 Å². The van der Waals surface area contributed by atoms with E-state index < -0.39 is 0 Å². The highest BCUT2D eigenvalue weighted by Crippen LogP contribution is 2.41. The Kier molecular flexibility index (Phi) is 12.9. The molecule has 0 heteroatoms. The summed E-state index contributed by atoms with van der Waals surface area (Å²) in [5.41, 5.74) is 10.2. The summed E-state index contributed by atoms with van der Waals surface area (Å²) in [7, 11) is 0. The van der Waals surface area contributed by atoms with Crippen LogP contribution in [0.1, 0.15) is 97.1 Å². The highest BCUT2D eigenvalue weighted by Gasteiger charge is 2.22. The normalized spacial score (nSPS) is 16.5. The minimum Gasteiger partial charge on any atom is -0.0991 e. The second kappa shape index (κ2) is 14.8. The second-order valence-electron chi connectivity index (χ2n) is 9.08. The van der Waals surface area contributed by atoms with E-state index in [1.807, 2.05) is 26.0 Å². The molecule has 1 fully saturated rings. The number of hydrogen-bond donors (Lipinski definition) is 0. The van der Waals surface area contributed by atoms with Crippen molar-refractivity contribution in [3.05, 3.63) is 89.1 Å². The molecule has 0 nitrogen and oxygen atoms in total. The van der Waals surface area contributed by atoms with Crippen LogP contribution in [-0.2, 0) is 0 Å². The third kappa shape index (κ3) is 8.90. The zero-order chi connectivity index (χ0) is 23.2. The van der Waals surface area contributed by atoms with Gasteiger partial charge in [0.05, 0.1) is 0 Å². The van der Waals surface area contributed by atoms with Gasteiger partial charge in [-0.2, -0.15) is 0 Å². The second-order valence-corrected chi connectivity index (χ2v) is 9.08. The molecular weight excluding hydrogens is 372 g/mol. The highest BCUT2D eigenvalue weighted by atomic mass is 14.3. The van der Waals surface area contributed by atoms with Gasteiger partial charge in [-0.1, -0.05) is 99.9 Å². The van der Waals surface area contributed by atoms with Gasteiger partial charge >= 0.3 is 0 Å². The SMILES string of the molecule is C=C/C(C)=C(/CC)C(=C1CCC(CCCC)CC1)c1ccccc1C.C=CC=C(C)C. The molecule has 1 aliphatic carbocycles. The molecule has 1 aromatic carbocycles. The Balaban J connectivity index is 0.000000703. The summed E-state index contributed by atoms with van der Waals surface area (Å²) < 4.78 is 0. The van der Waals surface area contributed by atoms with Crippen LogP contribution in [0, 0.1) is 12.8 Å². The summed E-state index contributed by atoms with van der Waals surface area (Å²) in [5, 5.41) is 0. The summed E-state index contributed by atoms with van der Waals surface area (Å²) in [5.74, 6) is 0.941. The molecule has 31 heavy (non-hydrogen) atoms. The van der Waals surface area contributed by atoms with Crippen LogP contribution in [-0.4, -0.2) is 0 Å². The van der Waals surface area contributed by atoms with Gasteiger partial charge in [0, 0.05) is 0 Å². The van der Waals surface area contributed by atoms with E-state index in [-0.39, 0.29) is 0 Å². The van der Waals surface area contributed by atoms with Crippen LogP contribution in [0.25, 0.3) is 5.57 Å². The first kappa shape index (κ1) is 27.0. The Morgan fingerprint density at radius 2 is 1.68 bits per heavy atom. The smallest absolute Gasteiger partial charge is 0.0152 e. The summed E-state index contributed by atoms with van der Waals surface area (Å²) in [6.45, 7) is 20.7. The first-order valence-corrected chi connectivity index (χ1v) is 12.3. The van der Waals surface area contributed by atoms with Gasteiger partial charge < -0.3 is 0 Å². The molecule has 0 N–H and O–H groups in total. The fourth-order valence-electron chi connectivity index (χ4n) is 4.49. The Morgan fingerprint density at radius 3 is 2.13 bits per heavy atom. The number of hydrogen-bond acceptors (Lipinski definition) is 0. The molecule has 0 aromatic heterocycles. The molecule has 0 aliphatic heterocycles. The van der Waals surface area contributed by atoms with E-state index in [9.17, 15) is 0 Å². The van der Waals surface area contributed by atoms with E-state index in [4.69, 9.17) is 0 Å². The number of unbranched alkanes of at least 4 members (excludes halogenated alkanes) is 1. The predicted octanol–water partition coefficient (Wildman–Crippen LogP) is 10.2. The number of benzene rings is 1. The largest absolute Gasteiger partial charge is 0.0991 e. The van der Waals surface area contributed by atoms with Crippen molar-refractivity contribution in [2.75, 3.05) is 0 Å². The summed E-state index contributed by atoms with van der Waals surface area (Å²) in [4.78, 5) is 0. The average molecular weight is 419 g/mol. The minimum atomic E-state index is 0.941. The molecule has 0 spiro atoms. The fourth-order valence-corrected chi connectivity index (χ4v) is 4.49. The lowest BCUT2D eigenvalue weighted by Crippen LogP contribution is -2.11. The molecule has 1 aliphatic rings. The van der Waals surface area contributed by atoms with Gasteiger partial charge in [-0.05, 0) is 93.6 Å². The first-order valence-electron chi connectivity index (χ1n) is 12.3. The summed E-state index contributed by atoms with van der Waals surface area (Å²) >= 11 is 0. The molecule has 1 saturated carbocycles. The van der Waals surface area contributed by atoms with Gasteiger partial charge in [0.15, 0.2) is 0 Å². The molecule has 170 valence electrons. The maximum Gasteiger partial charge on any atom is -0.0152 e. The highest BCUT2D eigenvalue weighted by molar-refractivity contribution is 5.84. The van der Waals surface area contributed by atoms with Crippen molar-refractivity contribution >= 4 is 5.57 Å². The van der Waals surface area contributed by atoms with E-state index in [1.165, 1.54) is 78.4 Å². The zero-order valence-corrected chi connectivity index (χ0v) is 21.2. The monoisotopic (exact) mass is 418 g/mol. The van der Waals surface area contributed by atoms with Crippen LogP contribution in [0.15, 0.2) is 77.9 Å². The Morgan fingerprint density at radius 1 is 1.03 bits per heavy atom. The average Bonchev–Trinajstić information content (AvgIpc) is 2.77. The predicted molar refractivity (Wildman–Crippen MR) is 142 cm³/mol. The van der Waals surface area contributed by atoms with Gasteiger partial charge in [-0.3, -0.25) is 0 Å². The zero-order valence-electron chi connectivity index (χ0n) is 21.2. The third-order valence-corrected chi connectivity index (χ3v) is 6.33. The summed E-state index contributed by atoms with van der Waals surface area (Å²) in [6, 6.07) is 8.90. The van der Waals surface area contributed by atoms with Crippen molar-refractivity contribution in [2.24, 2.45) is 5.92 Å². The van der Waals surface area contributed by atoms with Crippen LogP contribution >= 0.6 is 0 Å². The Bertz CT molecular complexity index is 783. The molecule has 0 unspecified atom stereocenters. The molecule has 0 atom stereocenters. The number of rotatable bonds is 8. The van der Waals surface area contributed by atoms with Gasteiger partial charge in [0.2, 0.25) is 0 Å². The summed E-state index contributed by atoms with van der Waals surface area (Å²) in [6.07, 6.45) is 16.3. The van der Waals surface area contributed by atoms with E-state index in [1.54, 1.807) is 11.6 Å². The standard InChI is InChI=1S/C25H36.C6H10/c1-6-9-13-21-15-17-22(18-16-21)25(23(8-3)19(4)7-2)24-14-11-10-12-20(24)5;1-4-5-6(2)3/h7,10-12,14,21H,2,6,8-9,13,15-18H2,1,3-5H3;4-5H,1H2,2-3H3/b23-19-,25-22?;. The van der Waals surface area contributed by atoms with Gasteiger partial charge in [-0.25, -0.2) is 0 Å². The van der Waals surface area contributed by atoms with E-state index >= 15 is 0 Å². The van der Waals surface area contributed by atoms with Crippen LogP contribution < -0.4 is 0 Å². The third-order valence-electron chi connectivity index (χ3n) is 6.33. The lowest BCUT2D eigenvalue weighted by molar-refractivity contribution is 0.373. The molecule has 0 bridgehead atoms. The molecule has 0 heterocycles. The molecule has 0 amide bonds. The van der Waals surface area contributed by atoms with Crippen molar-refractivity contribution in [2.45, 2.75) is 92.9 Å². The fraction of sp³-hybridized carbons (Fsp3) is 0.484. The van der Waals surface area contributed by atoms with Gasteiger partial charge in [0.1, 0.15) is 0 Å².